The largest absolute Gasteiger partial charge is 0.508 e. The second-order valence-electron chi connectivity index (χ2n) is 5.31. The summed E-state index contributed by atoms with van der Waals surface area (Å²) in [6.07, 6.45) is 7.14. The summed E-state index contributed by atoms with van der Waals surface area (Å²) in [6.45, 7) is 1.97. The summed E-state index contributed by atoms with van der Waals surface area (Å²) >= 11 is 0. The lowest BCUT2D eigenvalue weighted by molar-refractivity contribution is 0.475. The topological polar surface area (TPSA) is 42.2 Å². The molecule has 1 aromatic heterocycles. The Kier molecular flexibility index (Phi) is 3.26. The number of aryl methyl sites for hydroxylation is 1. The first-order valence-electron chi connectivity index (χ1n) is 6.94. The average molecular weight is 279 g/mol. The smallest absolute Gasteiger partial charge is 0.251 e. The zero-order chi connectivity index (χ0) is 15.0. The molecule has 1 aliphatic carbocycles. The number of benzene rings is 1. The van der Waals surface area contributed by atoms with Gasteiger partial charge in [0.25, 0.3) is 5.56 Å². The van der Waals surface area contributed by atoms with Gasteiger partial charge in [-0.1, -0.05) is 24.3 Å². The lowest BCUT2D eigenvalue weighted by Crippen LogP contribution is -2.42. The highest BCUT2D eigenvalue weighted by Gasteiger charge is 2.05. The van der Waals surface area contributed by atoms with Crippen molar-refractivity contribution in [2.75, 3.05) is 0 Å². The number of nitrogens with zero attached hydrogens (tertiary/aromatic N) is 1. The van der Waals surface area contributed by atoms with E-state index in [2.05, 4.69) is 12.2 Å². The van der Waals surface area contributed by atoms with Crippen molar-refractivity contribution in [3.8, 4) is 5.75 Å². The van der Waals surface area contributed by atoms with Gasteiger partial charge in [-0.3, -0.25) is 4.79 Å². The van der Waals surface area contributed by atoms with Crippen LogP contribution >= 0.6 is 0 Å². The van der Waals surface area contributed by atoms with E-state index in [4.69, 9.17) is 0 Å². The molecule has 0 unspecified atom stereocenters. The first-order valence-corrected chi connectivity index (χ1v) is 6.94. The fourth-order valence-electron chi connectivity index (χ4n) is 2.67. The standard InChI is InChI=1S/C18H17NO2/c1-12-10-18(21)19(2)17-11-14(4-3-5-16(12)17)13-6-8-15(20)9-7-13/h4-11,20H,3H2,1-2H3. The summed E-state index contributed by atoms with van der Waals surface area (Å²) < 4.78 is 1.68. The minimum atomic E-state index is 0.00264. The Labute approximate surface area is 122 Å². The van der Waals surface area contributed by atoms with Crippen molar-refractivity contribution < 1.29 is 5.11 Å². The maximum absolute atomic E-state index is 12.0. The summed E-state index contributed by atoms with van der Waals surface area (Å²) in [4.78, 5) is 12.0. The molecule has 1 N–H and O–H groups in total. The van der Waals surface area contributed by atoms with Gasteiger partial charge in [0.15, 0.2) is 0 Å². The summed E-state index contributed by atoms with van der Waals surface area (Å²) in [6, 6.07) is 8.80. The number of pyridine rings is 1. The van der Waals surface area contributed by atoms with Gasteiger partial charge in [0.1, 0.15) is 5.75 Å². The zero-order valence-electron chi connectivity index (χ0n) is 12.1. The van der Waals surface area contributed by atoms with Gasteiger partial charge in [0.2, 0.25) is 0 Å². The molecule has 0 aliphatic heterocycles. The predicted molar refractivity (Wildman–Crippen MR) is 85.3 cm³/mol. The SMILES string of the molecule is Cc1cc(=O)n(C)c2c1=CCC=C(c1ccc(O)cc1)C=2. The highest BCUT2D eigenvalue weighted by molar-refractivity contribution is 5.89. The Morgan fingerprint density at radius 1 is 1.14 bits per heavy atom. The van der Waals surface area contributed by atoms with Gasteiger partial charge in [0.05, 0.1) is 5.35 Å². The van der Waals surface area contributed by atoms with Gasteiger partial charge >= 0.3 is 0 Å². The van der Waals surface area contributed by atoms with Crippen LogP contribution in [0.5, 0.6) is 5.75 Å². The van der Waals surface area contributed by atoms with E-state index in [1.54, 1.807) is 29.8 Å². The molecule has 0 saturated carbocycles. The van der Waals surface area contributed by atoms with Crippen molar-refractivity contribution in [1.29, 1.82) is 0 Å². The van der Waals surface area contributed by atoms with Gasteiger partial charge < -0.3 is 9.67 Å². The Morgan fingerprint density at radius 2 is 1.86 bits per heavy atom. The monoisotopic (exact) mass is 279 g/mol. The van der Waals surface area contributed by atoms with E-state index in [1.807, 2.05) is 25.1 Å². The van der Waals surface area contributed by atoms with E-state index in [1.165, 1.54) is 0 Å². The van der Waals surface area contributed by atoms with Gasteiger partial charge in [-0.2, -0.15) is 0 Å². The lowest BCUT2D eigenvalue weighted by Gasteiger charge is -2.05. The van der Waals surface area contributed by atoms with E-state index < -0.39 is 0 Å². The number of allylic oxidation sites excluding steroid dienone is 2. The minimum absolute atomic E-state index is 0.00264. The van der Waals surface area contributed by atoms with E-state index in [9.17, 15) is 9.90 Å². The molecular weight excluding hydrogens is 262 g/mol. The molecule has 1 aromatic carbocycles. The molecule has 21 heavy (non-hydrogen) atoms. The van der Waals surface area contributed by atoms with Crippen LogP contribution in [0, 0.1) is 6.92 Å². The van der Waals surface area contributed by atoms with Gasteiger partial charge in [0, 0.05) is 13.1 Å². The Balaban J connectivity index is 2.27. The molecule has 106 valence electrons. The number of aromatic hydroxyl groups is 1. The first kappa shape index (κ1) is 13.4. The van der Waals surface area contributed by atoms with Crippen LogP contribution in [0.3, 0.4) is 0 Å². The predicted octanol–water partition coefficient (Wildman–Crippen LogP) is 1.45. The molecule has 3 rings (SSSR count). The molecule has 2 aromatic rings. The van der Waals surface area contributed by atoms with Crippen molar-refractivity contribution in [2.45, 2.75) is 13.3 Å². The number of aromatic nitrogens is 1. The molecule has 0 spiro atoms. The molecule has 3 nitrogen and oxygen atoms in total. The van der Waals surface area contributed by atoms with Crippen molar-refractivity contribution in [3.63, 3.8) is 0 Å². The maximum Gasteiger partial charge on any atom is 0.251 e. The van der Waals surface area contributed by atoms with Crippen molar-refractivity contribution in [3.05, 3.63) is 68.5 Å². The van der Waals surface area contributed by atoms with Crippen molar-refractivity contribution >= 4 is 17.7 Å². The number of fused-ring (bicyclic) bond motifs is 1. The molecular formula is C18H17NO2. The number of phenolic OH excluding ortho intramolecular Hbond substituents is 1. The third-order valence-electron chi connectivity index (χ3n) is 3.89. The van der Waals surface area contributed by atoms with Gasteiger partial charge in [-0.25, -0.2) is 0 Å². The van der Waals surface area contributed by atoms with Crippen LogP contribution in [-0.4, -0.2) is 9.67 Å². The van der Waals surface area contributed by atoms with Gasteiger partial charge in [-0.15, -0.1) is 0 Å². The summed E-state index contributed by atoms with van der Waals surface area (Å²) in [5, 5.41) is 11.4. The van der Waals surface area contributed by atoms with E-state index >= 15 is 0 Å². The number of phenols is 1. The van der Waals surface area contributed by atoms with Crippen molar-refractivity contribution in [2.24, 2.45) is 7.05 Å². The second-order valence-corrected chi connectivity index (χ2v) is 5.31. The van der Waals surface area contributed by atoms with Crippen LogP contribution in [0.4, 0.5) is 0 Å². The molecule has 0 amide bonds. The normalized spacial score (nSPS) is 13.5. The summed E-state index contributed by atoms with van der Waals surface area (Å²) in [5.74, 6) is 0.253. The molecule has 1 heterocycles. The molecule has 0 atom stereocenters. The molecule has 0 radical (unpaired) electrons. The lowest BCUT2D eigenvalue weighted by atomic mass is 10.0. The minimum Gasteiger partial charge on any atom is -0.508 e. The average Bonchev–Trinajstić information content (AvgIpc) is 2.69. The van der Waals surface area contributed by atoms with Crippen molar-refractivity contribution in [1.82, 2.24) is 4.57 Å². The van der Waals surface area contributed by atoms with Crippen LogP contribution in [0.25, 0.3) is 17.7 Å². The van der Waals surface area contributed by atoms with Crippen LogP contribution in [-0.2, 0) is 7.05 Å². The zero-order valence-corrected chi connectivity index (χ0v) is 12.1. The molecule has 0 bridgehead atoms. The first-order chi connectivity index (χ1) is 10.1. The highest BCUT2D eigenvalue weighted by atomic mass is 16.3. The Hall–Kier alpha value is -2.55. The van der Waals surface area contributed by atoms with Crippen LogP contribution in [0.1, 0.15) is 17.5 Å². The Morgan fingerprint density at radius 3 is 2.57 bits per heavy atom. The second kappa shape index (κ2) is 5.09. The van der Waals surface area contributed by atoms with Crippen LogP contribution in [0.2, 0.25) is 0 Å². The Bertz CT molecular complexity index is 900. The third-order valence-corrected chi connectivity index (χ3v) is 3.89. The van der Waals surface area contributed by atoms with E-state index in [0.29, 0.717) is 0 Å². The van der Waals surface area contributed by atoms with E-state index in [-0.39, 0.29) is 11.3 Å². The molecule has 0 saturated heterocycles. The summed E-state index contributed by atoms with van der Waals surface area (Å²) in [7, 11) is 1.80. The van der Waals surface area contributed by atoms with E-state index in [0.717, 1.165) is 33.7 Å². The van der Waals surface area contributed by atoms with Crippen LogP contribution < -0.4 is 16.1 Å². The molecule has 1 aliphatic rings. The highest BCUT2D eigenvalue weighted by Crippen LogP contribution is 2.20. The number of hydrogen-bond acceptors (Lipinski definition) is 2. The summed E-state index contributed by atoms with van der Waals surface area (Å²) in [5.41, 5.74) is 3.10. The third kappa shape index (κ3) is 2.42. The fourth-order valence-corrected chi connectivity index (χ4v) is 2.67. The number of rotatable bonds is 1. The quantitative estimate of drug-likeness (QED) is 0.858. The fraction of sp³-hybridized carbons (Fsp3) is 0.167. The maximum atomic E-state index is 12.0. The number of hydrogen-bond donors (Lipinski definition) is 1. The van der Waals surface area contributed by atoms with Crippen LogP contribution in [0.15, 0.2) is 41.2 Å². The molecule has 3 heteroatoms. The van der Waals surface area contributed by atoms with Gasteiger partial charge in [-0.05, 0) is 53.5 Å². The molecule has 0 fully saturated rings.